The lowest BCUT2D eigenvalue weighted by atomic mass is 10.1. The summed E-state index contributed by atoms with van der Waals surface area (Å²) >= 11 is 0. The van der Waals surface area contributed by atoms with Crippen molar-refractivity contribution in [1.29, 1.82) is 0 Å². The molecule has 0 aromatic rings. The SMILES string of the molecule is C[C@H](N)C(=O)N1CC[CH]CC1. The lowest BCUT2D eigenvalue weighted by Gasteiger charge is -2.27. The fourth-order valence-corrected chi connectivity index (χ4v) is 1.26. The Morgan fingerprint density at radius 3 is 2.55 bits per heavy atom. The minimum Gasteiger partial charge on any atom is -0.341 e. The second-order valence-corrected chi connectivity index (χ2v) is 2.98. The number of nitrogens with two attached hydrogens (primary N) is 1. The van der Waals surface area contributed by atoms with Crippen molar-refractivity contribution in [2.75, 3.05) is 13.1 Å². The number of amides is 1. The quantitative estimate of drug-likeness (QED) is 0.586. The minimum atomic E-state index is -0.340. The molecule has 3 heteroatoms. The van der Waals surface area contributed by atoms with Gasteiger partial charge in [-0.2, -0.15) is 0 Å². The van der Waals surface area contributed by atoms with E-state index in [1.807, 2.05) is 4.90 Å². The van der Waals surface area contributed by atoms with Gasteiger partial charge in [0.25, 0.3) is 0 Å². The van der Waals surface area contributed by atoms with Gasteiger partial charge in [-0.1, -0.05) is 0 Å². The molecule has 0 unspecified atom stereocenters. The number of hydrogen-bond acceptors (Lipinski definition) is 2. The molecular weight excluding hydrogens is 140 g/mol. The Kier molecular flexibility index (Phi) is 2.88. The number of nitrogens with zero attached hydrogens (tertiary/aromatic N) is 1. The van der Waals surface area contributed by atoms with Crippen molar-refractivity contribution in [1.82, 2.24) is 4.90 Å². The van der Waals surface area contributed by atoms with Crippen molar-refractivity contribution >= 4 is 5.91 Å². The lowest BCUT2D eigenvalue weighted by Crippen LogP contribution is -2.44. The van der Waals surface area contributed by atoms with E-state index in [2.05, 4.69) is 6.42 Å². The van der Waals surface area contributed by atoms with Crippen molar-refractivity contribution in [2.45, 2.75) is 25.8 Å². The molecule has 1 radical (unpaired) electrons. The smallest absolute Gasteiger partial charge is 0.239 e. The van der Waals surface area contributed by atoms with Crippen molar-refractivity contribution in [2.24, 2.45) is 5.73 Å². The Labute approximate surface area is 67.5 Å². The highest BCUT2D eigenvalue weighted by molar-refractivity contribution is 5.81. The van der Waals surface area contributed by atoms with Crippen LogP contribution in [-0.2, 0) is 4.79 Å². The van der Waals surface area contributed by atoms with Crippen LogP contribution in [0, 0.1) is 6.42 Å². The average Bonchev–Trinajstić information content (AvgIpc) is 2.05. The third-order valence-corrected chi connectivity index (χ3v) is 1.91. The molecule has 0 saturated carbocycles. The maximum atomic E-state index is 11.3. The van der Waals surface area contributed by atoms with Crippen molar-refractivity contribution in [3.8, 4) is 0 Å². The summed E-state index contributed by atoms with van der Waals surface area (Å²) in [6.07, 6.45) is 4.24. The van der Waals surface area contributed by atoms with E-state index < -0.39 is 0 Å². The van der Waals surface area contributed by atoms with Gasteiger partial charge in [0.05, 0.1) is 6.04 Å². The monoisotopic (exact) mass is 155 g/mol. The molecule has 1 aliphatic heterocycles. The molecule has 0 aromatic carbocycles. The zero-order valence-electron chi connectivity index (χ0n) is 6.92. The fraction of sp³-hybridized carbons (Fsp3) is 0.750. The van der Waals surface area contributed by atoms with Gasteiger partial charge in [0.15, 0.2) is 0 Å². The highest BCUT2D eigenvalue weighted by atomic mass is 16.2. The molecule has 1 amide bonds. The second-order valence-electron chi connectivity index (χ2n) is 2.98. The number of carbonyl (C=O) groups excluding carboxylic acids is 1. The van der Waals surface area contributed by atoms with Crippen LogP contribution in [0.25, 0.3) is 0 Å². The molecule has 0 bridgehead atoms. The van der Waals surface area contributed by atoms with Gasteiger partial charge in [-0.3, -0.25) is 4.79 Å². The maximum absolute atomic E-state index is 11.3. The van der Waals surface area contributed by atoms with Gasteiger partial charge in [0, 0.05) is 13.1 Å². The molecule has 11 heavy (non-hydrogen) atoms. The van der Waals surface area contributed by atoms with Gasteiger partial charge in [0.1, 0.15) is 0 Å². The zero-order chi connectivity index (χ0) is 8.27. The van der Waals surface area contributed by atoms with E-state index in [0.717, 1.165) is 25.9 Å². The third-order valence-electron chi connectivity index (χ3n) is 1.91. The lowest BCUT2D eigenvalue weighted by molar-refractivity contribution is -0.132. The van der Waals surface area contributed by atoms with Gasteiger partial charge < -0.3 is 10.6 Å². The Morgan fingerprint density at radius 1 is 1.55 bits per heavy atom. The molecule has 1 aliphatic rings. The first-order valence-electron chi connectivity index (χ1n) is 4.08. The predicted octanol–water partition coefficient (Wildman–Crippen LogP) is 0.160. The highest BCUT2D eigenvalue weighted by Gasteiger charge is 2.18. The highest BCUT2D eigenvalue weighted by Crippen LogP contribution is 2.08. The summed E-state index contributed by atoms with van der Waals surface area (Å²) in [4.78, 5) is 13.1. The molecule has 2 N–H and O–H groups in total. The molecule has 1 rings (SSSR count). The van der Waals surface area contributed by atoms with Crippen LogP contribution in [0.1, 0.15) is 19.8 Å². The summed E-state index contributed by atoms with van der Waals surface area (Å²) in [5.41, 5.74) is 5.47. The first-order valence-corrected chi connectivity index (χ1v) is 4.08. The van der Waals surface area contributed by atoms with Gasteiger partial charge in [0.2, 0.25) is 5.91 Å². The first kappa shape index (κ1) is 8.53. The zero-order valence-corrected chi connectivity index (χ0v) is 6.92. The van der Waals surface area contributed by atoms with Gasteiger partial charge in [-0.25, -0.2) is 0 Å². The second kappa shape index (κ2) is 3.72. The van der Waals surface area contributed by atoms with Crippen molar-refractivity contribution < 1.29 is 4.79 Å². The largest absolute Gasteiger partial charge is 0.341 e. The molecule has 0 aliphatic carbocycles. The molecular formula is C8H15N2O. The summed E-state index contributed by atoms with van der Waals surface area (Å²) in [5.74, 6) is 0.0816. The van der Waals surface area contributed by atoms with Crippen LogP contribution >= 0.6 is 0 Å². The van der Waals surface area contributed by atoms with E-state index >= 15 is 0 Å². The van der Waals surface area contributed by atoms with E-state index in [-0.39, 0.29) is 11.9 Å². The Hall–Kier alpha value is -0.570. The van der Waals surface area contributed by atoms with Crippen LogP contribution in [-0.4, -0.2) is 29.9 Å². The van der Waals surface area contributed by atoms with E-state index in [1.54, 1.807) is 6.92 Å². The van der Waals surface area contributed by atoms with Crippen LogP contribution < -0.4 is 5.73 Å². The van der Waals surface area contributed by atoms with Crippen LogP contribution in [0.15, 0.2) is 0 Å². The van der Waals surface area contributed by atoms with Crippen LogP contribution in [0.3, 0.4) is 0 Å². The van der Waals surface area contributed by atoms with Gasteiger partial charge >= 0.3 is 0 Å². The van der Waals surface area contributed by atoms with Gasteiger partial charge in [-0.15, -0.1) is 0 Å². The molecule has 0 spiro atoms. The molecule has 63 valence electrons. The fourth-order valence-electron chi connectivity index (χ4n) is 1.26. The van der Waals surface area contributed by atoms with Crippen LogP contribution in [0.5, 0.6) is 0 Å². The van der Waals surface area contributed by atoms with E-state index in [4.69, 9.17) is 5.73 Å². The number of carbonyl (C=O) groups is 1. The minimum absolute atomic E-state index is 0.0816. The molecule has 3 nitrogen and oxygen atoms in total. The molecule has 1 atom stereocenters. The van der Waals surface area contributed by atoms with Crippen LogP contribution in [0.4, 0.5) is 0 Å². The number of likely N-dealkylation sites (tertiary alicyclic amines) is 1. The summed E-state index contributed by atoms with van der Waals surface area (Å²) < 4.78 is 0. The topological polar surface area (TPSA) is 46.3 Å². The third kappa shape index (κ3) is 2.19. The Balaban J connectivity index is 2.39. The molecule has 0 aromatic heterocycles. The number of piperidine rings is 1. The molecule has 1 saturated heterocycles. The summed E-state index contributed by atoms with van der Waals surface area (Å²) in [7, 11) is 0. The average molecular weight is 155 g/mol. The standard InChI is InChI=1S/C8H15N2O/c1-7(9)8(11)10-5-3-2-4-6-10/h2,7H,3-6,9H2,1H3/t7-/m0/s1. The van der Waals surface area contributed by atoms with Crippen LogP contribution in [0.2, 0.25) is 0 Å². The maximum Gasteiger partial charge on any atom is 0.239 e. The number of rotatable bonds is 1. The number of hydrogen-bond donors (Lipinski definition) is 1. The van der Waals surface area contributed by atoms with E-state index in [1.165, 1.54) is 0 Å². The summed E-state index contributed by atoms with van der Waals surface area (Å²) in [6, 6.07) is -0.340. The van der Waals surface area contributed by atoms with Crippen molar-refractivity contribution in [3.63, 3.8) is 0 Å². The molecule has 1 fully saturated rings. The van der Waals surface area contributed by atoms with Gasteiger partial charge in [-0.05, 0) is 26.2 Å². The molecule has 1 heterocycles. The normalized spacial score (nSPS) is 21.5. The predicted molar refractivity (Wildman–Crippen MR) is 43.8 cm³/mol. The first-order chi connectivity index (χ1) is 5.22. The van der Waals surface area contributed by atoms with E-state index in [0.29, 0.717) is 0 Å². The summed E-state index contributed by atoms with van der Waals surface area (Å²) in [6.45, 7) is 3.43. The summed E-state index contributed by atoms with van der Waals surface area (Å²) in [5, 5.41) is 0. The Bertz CT molecular complexity index is 139. The Morgan fingerprint density at radius 2 is 2.09 bits per heavy atom. The van der Waals surface area contributed by atoms with Crippen molar-refractivity contribution in [3.05, 3.63) is 6.42 Å². The van der Waals surface area contributed by atoms with E-state index in [9.17, 15) is 4.79 Å².